The molecule has 4 rings (SSSR count). The van der Waals surface area contributed by atoms with Gasteiger partial charge in [-0.15, -0.1) is 0 Å². The number of sulfonamides is 1. The maximum absolute atomic E-state index is 14.0. The van der Waals surface area contributed by atoms with Gasteiger partial charge in [0.1, 0.15) is 10.6 Å². The van der Waals surface area contributed by atoms with Gasteiger partial charge in [0, 0.05) is 19.6 Å². The van der Waals surface area contributed by atoms with Crippen LogP contribution in [0.2, 0.25) is 0 Å². The Morgan fingerprint density at radius 3 is 1.77 bits per heavy atom. The summed E-state index contributed by atoms with van der Waals surface area (Å²) < 4.78 is 34.8. The number of nitrogens with zero attached hydrogens (tertiary/aromatic N) is 2. The molecule has 7 heteroatoms. The topological polar surface area (TPSA) is 66.9 Å². The second-order valence-electron chi connectivity index (χ2n) is 9.45. The molecule has 0 spiro atoms. The van der Waals surface area contributed by atoms with Crippen molar-refractivity contribution in [1.82, 2.24) is 9.21 Å². The molecule has 0 aliphatic heterocycles. The number of hydrogen-bond acceptors (Lipinski definition) is 4. The molecule has 0 fully saturated rings. The van der Waals surface area contributed by atoms with Gasteiger partial charge in [0.2, 0.25) is 15.9 Å². The third-order valence-electron chi connectivity index (χ3n) is 6.53. The van der Waals surface area contributed by atoms with E-state index >= 15 is 0 Å². The Morgan fingerprint density at radius 2 is 1.26 bits per heavy atom. The van der Waals surface area contributed by atoms with E-state index in [-0.39, 0.29) is 29.6 Å². The van der Waals surface area contributed by atoms with Crippen LogP contribution < -0.4 is 4.74 Å². The Labute approximate surface area is 231 Å². The van der Waals surface area contributed by atoms with Crippen molar-refractivity contribution in [2.75, 3.05) is 20.2 Å². The van der Waals surface area contributed by atoms with Crippen LogP contribution >= 0.6 is 0 Å². The molecule has 0 bridgehead atoms. The number of carbonyl (C=O) groups excluding carboxylic acids is 1. The van der Waals surface area contributed by atoms with Crippen LogP contribution in [0.1, 0.15) is 22.3 Å². The molecule has 0 aliphatic rings. The molecule has 0 aromatic heterocycles. The summed E-state index contributed by atoms with van der Waals surface area (Å²) in [6, 6.07) is 34.2. The number of ether oxygens (including phenoxy) is 1. The summed E-state index contributed by atoms with van der Waals surface area (Å²) in [5, 5.41) is 0. The summed E-state index contributed by atoms with van der Waals surface area (Å²) in [5.41, 5.74) is 3.73. The van der Waals surface area contributed by atoms with Crippen molar-refractivity contribution in [3.05, 3.63) is 131 Å². The number of hydrogen-bond donors (Lipinski definition) is 0. The van der Waals surface area contributed by atoms with Crippen LogP contribution in [0.4, 0.5) is 0 Å². The van der Waals surface area contributed by atoms with Gasteiger partial charge in [-0.3, -0.25) is 4.79 Å². The Kier molecular flexibility index (Phi) is 9.52. The summed E-state index contributed by atoms with van der Waals surface area (Å²) in [5.74, 6) is -0.0193. The fraction of sp³-hybridized carbons (Fsp3) is 0.219. The molecule has 0 radical (unpaired) electrons. The van der Waals surface area contributed by atoms with Gasteiger partial charge < -0.3 is 9.64 Å². The maximum Gasteiger partial charge on any atom is 0.247 e. The summed E-state index contributed by atoms with van der Waals surface area (Å²) in [4.78, 5) is 15.6. The molecular weight excluding hydrogens is 508 g/mol. The number of carbonyl (C=O) groups is 1. The Morgan fingerprint density at radius 1 is 0.744 bits per heavy atom. The lowest BCUT2D eigenvalue weighted by molar-refractivity contribution is -0.132. The first-order valence-corrected chi connectivity index (χ1v) is 14.3. The Bertz CT molecular complexity index is 1420. The van der Waals surface area contributed by atoms with Gasteiger partial charge in [-0.2, -0.15) is 4.31 Å². The van der Waals surface area contributed by atoms with Crippen molar-refractivity contribution in [3.8, 4) is 5.75 Å². The largest absolute Gasteiger partial charge is 0.495 e. The summed E-state index contributed by atoms with van der Waals surface area (Å²) in [6.45, 7) is 2.44. The van der Waals surface area contributed by atoms with Gasteiger partial charge in [0.25, 0.3) is 0 Å². The van der Waals surface area contributed by atoms with Crippen LogP contribution in [-0.2, 0) is 34.3 Å². The predicted molar refractivity (Wildman–Crippen MR) is 154 cm³/mol. The smallest absolute Gasteiger partial charge is 0.247 e. The molecule has 6 nitrogen and oxygen atoms in total. The zero-order chi connectivity index (χ0) is 27.7. The molecule has 0 saturated carbocycles. The molecule has 0 heterocycles. The first kappa shape index (κ1) is 28.1. The molecule has 0 aliphatic carbocycles. The molecule has 202 valence electrons. The highest BCUT2D eigenvalue weighted by atomic mass is 32.2. The molecule has 4 aromatic carbocycles. The van der Waals surface area contributed by atoms with E-state index in [9.17, 15) is 13.2 Å². The van der Waals surface area contributed by atoms with E-state index in [4.69, 9.17) is 4.74 Å². The zero-order valence-electron chi connectivity index (χ0n) is 22.4. The minimum Gasteiger partial charge on any atom is -0.495 e. The van der Waals surface area contributed by atoms with Crippen molar-refractivity contribution in [2.24, 2.45) is 0 Å². The highest BCUT2D eigenvalue weighted by Crippen LogP contribution is 2.28. The van der Waals surface area contributed by atoms with Crippen LogP contribution in [0, 0.1) is 6.92 Å². The lowest BCUT2D eigenvalue weighted by Gasteiger charge is -2.28. The van der Waals surface area contributed by atoms with Crippen molar-refractivity contribution < 1.29 is 17.9 Å². The fourth-order valence-electron chi connectivity index (χ4n) is 4.40. The lowest BCUT2D eigenvalue weighted by Crippen LogP contribution is -2.43. The predicted octanol–water partition coefficient (Wildman–Crippen LogP) is 5.47. The van der Waals surface area contributed by atoms with Gasteiger partial charge in [0.15, 0.2) is 0 Å². The van der Waals surface area contributed by atoms with Gasteiger partial charge in [0.05, 0.1) is 13.7 Å². The molecule has 39 heavy (non-hydrogen) atoms. The van der Waals surface area contributed by atoms with E-state index in [0.717, 1.165) is 22.3 Å². The van der Waals surface area contributed by atoms with Crippen molar-refractivity contribution in [2.45, 2.75) is 31.3 Å². The van der Waals surface area contributed by atoms with Gasteiger partial charge in [-0.25, -0.2) is 8.42 Å². The first-order valence-electron chi connectivity index (χ1n) is 12.9. The third-order valence-corrected chi connectivity index (χ3v) is 8.39. The van der Waals surface area contributed by atoms with Crippen LogP contribution in [-0.4, -0.2) is 43.7 Å². The van der Waals surface area contributed by atoms with E-state index in [1.54, 1.807) is 23.1 Å². The Hall–Kier alpha value is -3.94. The molecule has 4 aromatic rings. The standard InChI is InChI=1S/C32H34N2O4S/c1-26-18-19-30(38-2)31(22-26)39(36,37)34(21-20-27-12-6-3-7-13-27)25-32(35)33(23-28-14-8-4-9-15-28)24-29-16-10-5-11-17-29/h3-19,22H,20-21,23-25H2,1-2H3. The van der Waals surface area contributed by atoms with Crippen LogP contribution in [0.25, 0.3) is 0 Å². The average molecular weight is 543 g/mol. The number of methoxy groups -OCH3 is 1. The molecule has 0 unspecified atom stereocenters. The van der Waals surface area contributed by atoms with Crippen molar-refractivity contribution in [3.63, 3.8) is 0 Å². The highest BCUT2D eigenvalue weighted by molar-refractivity contribution is 7.89. The molecule has 1 amide bonds. The Balaban J connectivity index is 1.66. The van der Waals surface area contributed by atoms with E-state index in [1.165, 1.54) is 11.4 Å². The molecule has 0 saturated heterocycles. The first-order chi connectivity index (χ1) is 18.9. The van der Waals surface area contributed by atoms with E-state index < -0.39 is 10.0 Å². The van der Waals surface area contributed by atoms with Crippen molar-refractivity contribution in [1.29, 1.82) is 0 Å². The summed E-state index contributed by atoms with van der Waals surface area (Å²) >= 11 is 0. The van der Waals surface area contributed by atoms with Crippen LogP contribution in [0.3, 0.4) is 0 Å². The molecule has 0 N–H and O–H groups in total. The minimum atomic E-state index is -4.05. The monoisotopic (exact) mass is 542 g/mol. The molecule has 0 atom stereocenters. The van der Waals surface area contributed by atoms with Crippen LogP contribution in [0.5, 0.6) is 5.75 Å². The van der Waals surface area contributed by atoms with Gasteiger partial charge >= 0.3 is 0 Å². The van der Waals surface area contributed by atoms with E-state index in [2.05, 4.69) is 0 Å². The number of amides is 1. The van der Waals surface area contributed by atoms with E-state index in [0.29, 0.717) is 19.5 Å². The minimum absolute atomic E-state index is 0.0588. The highest BCUT2D eigenvalue weighted by Gasteiger charge is 2.31. The number of rotatable bonds is 12. The normalized spacial score (nSPS) is 11.4. The zero-order valence-corrected chi connectivity index (χ0v) is 23.2. The average Bonchev–Trinajstić information content (AvgIpc) is 2.96. The fourth-order valence-corrected chi connectivity index (χ4v) is 6.03. The second kappa shape index (κ2) is 13.2. The second-order valence-corrected chi connectivity index (χ2v) is 11.4. The van der Waals surface area contributed by atoms with Crippen LogP contribution in [0.15, 0.2) is 114 Å². The number of aryl methyl sites for hydroxylation is 1. The molecular formula is C32H34N2O4S. The summed E-state index contributed by atoms with van der Waals surface area (Å²) in [6.07, 6.45) is 0.471. The third kappa shape index (κ3) is 7.56. The van der Waals surface area contributed by atoms with E-state index in [1.807, 2.05) is 97.9 Å². The van der Waals surface area contributed by atoms with Gasteiger partial charge in [-0.05, 0) is 47.7 Å². The summed E-state index contributed by atoms with van der Waals surface area (Å²) in [7, 11) is -2.60. The number of benzene rings is 4. The van der Waals surface area contributed by atoms with Crippen molar-refractivity contribution >= 4 is 15.9 Å². The van der Waals surface area contributed by atoms with Gasteiger partial charge in [-0.1, -0.05) is 97.1 Å². The lowest BCUT2D eigenvalue weighted by atomic mass is 10.1. The SMILES string of the molecule is COc1ccc(C)cc1S(=O)(=O)N(CCc1ccccc1)CC(=O)N(Cc1ccccc1)Cc1ccccc1. The maximum atomic E-state index is 14.0. The quantitative estimate of drug-likeness (QED) is 0.238.